The van der Waals surface area contributed by atoms with Crippen molar-refractivity contribution in [3.05, 3.63) is 30.3 Å². The number of anilines is 1. The molecule has 1 amide bonds. The van der Waals surface area contributed by atoms with Gasteiger partial charge in [0.1, 0.15) is 0 Å². The minimum Gasteiger partial charge on any atom is -0.373 e. The molecule has 0 spiro atoms. The molecule has 1 unspecified atom stereocenters. The molecule has 1 aromatic carbocycles. The second-order valence-electron chi connectivity index (χ2n) is 4.62. The van der Waals surface area contributed by atoms with Gasteiger partial charge in [-0.05, 0) is 26.0 Å². The molecule has 23 heavy (non-hydrogen) atoms. The Morgan fingerprint density at radius 3 is 2.09 bits per heavy atom. The lowest BCUT2D eigenvalue weighted by molar-refractivity contribution is -0.243. The molecule has 1 rings (SSSR count). The van der Waals surface area contributed by atoms with E-state index in [2.05, 4.69) is 0 Å². The standard InChI is InChI=1S/C12H15F3N2O5S/c1-3-16(20)23(21,22)17(9-7-5-4-6-8-9)10(18)11(2,19)12(13,14)15/h4-8,19-20H,3H2,1-2H3. The van der Waals surface area contributed by atoms with Gasteiger partial charge in [0.25, 0.3) is 5.91 Å². The molecule has 0 aliphatic rings. The summed E-state index contributed by atoms with van der Waals surface area (Å²) < 4.78 is 62.4. The lowest BCUT2D eigenvalue weighted by atomic mass is 10.1. The van der Waals surface area contributed by atoms with Gasteiger partial charge < -0.3 is 5.11 Å². The average Bonchev–Trinajstić information content (AvgIpc) is 2.46. The molecule has 0 radical (unpaired) electrons. The highest BCUT2D eigenvalue weighted by Gasteiger charge is 2.59. The van der Waals surface area contributed by atoms with Crippen LogP contribution in [0.4, 0.5) is 18.9 Å². The lowest BCUT2D eigenvalue weighted by Gasteiger charge is -2.32. The van der Waals surface area contributed by atoms with Crippen molar-refractivity contribution in [2.24, 2.45) is 0 Å². The fourth-order valence-corrected chi connectivity index (χ4v) is 2.79. The molecule has 11 heteroatoms. The van der Waals surface area contributed by atoms with Crippen molar-refractivity contribution < 1.29 is 36.7 Å². The van der Waals surface area contributed by atoms with Crippen molar-refractivity contribution in [3.63, 3.8) is 0 Å². The summed E-state index contributed by atoms with van der Waals surface area (Å²) in [6.45, 7) is 0.814. The Morgan fingerprint density at radius 1 is 1.22 bits per heavy atom. The maximum Gasteiger partial charge on any atom is 0.426 e. The molecular formula is C12H15F3N2O5S. The van der Waals surface area contributed by atoms with Gasteiger partial charge in [-0.25, -0.2) is 0 Å². The zero-order valence-electron chi connectivity index (χ0n) is 12.1. The summed E-state index contributed by atoms with van der Waals surface area (Å²) in [6.07, 6.45) is -5.42. The van der Waals surface area contributed by atoms with E-state index in [1.807, 2.05) is 0 Å². The van der Waals surface area contributed by atoms with E-state index >= 15 is 0 Å². The largest absolute Gasteiger partial charge is 0.426 e. The average molecular weight is 356 g/mol. The number of hydrogen-bond donors (Lipinski definition) is 2. The Bertz CT molecular complexity index is 661. The van der Waals surface area contributed by atoms with Crippen LogP contribution in [0.3, 0.4) is 0 Å². The first-order valence-electron chi connectivity index (χ1n) is 6.27. The molecule has 1 atom stereocenters. The number of hydrogen-bond acceptors (Lipinski definition) is 5. The van der Waals surface area contributed by atoms with Crippen molar-refractivity contribution in [2.45, 2.75) is 25.6 Å². The number of para-hydroxylation sites is 1. The van der Waals surface area contributed by atoms with Gasteiger partial charge in [0, 0.05) is 6.54 Å². The Kier molecular flexibility index (Phi) is 5.41. The first-order chi connectivity index (χ1) is 10.4. The minimum absolute atomic E-state index is 0.133. The van der Waals surface area contributed by atoms with Crippen LogP contribution in [0, 0.1) is 0 Å². The van der Waals surface area contributed by atoms with E-state index in [0.717, 1.165) is 12.1 Å². The first kappa shape index (κ1) is 19.4. The number of benzene rings is 1. The topological polar surface area (TPSA) is 98.2 Å². The molecule has 0 heterocycles. The third-order valence-electron chi connectivity index (χ3n) is 2.91. The number of carbonyl (C=O) groups excluding carboxylic acids is 1. The molecule has 0 bridgehead atoms. The zero-order valence-corrected chi connectivity index (χ0v) is 13.0. The highest BCUT2D eigenvalue weighted by Crippen LogP contribution is 2.34. The zero-order chi connectivity index (χ0) is 18.1. The summed E-state index contributed by atoms with van der Waals surface area (Å²) in [6, 6.07) is 6.09. The predicted molar refractivity (Wildman–Crippen MR) is 73.7 cm³/mol. The van der Waals surface area contributed by atoms with E-state index in [4.69, 9.17) is 0 Å². The van der Waals surface area contributed by atoms with E-state index < -0.39 is 40.1 Å². The van der Waals surface area contributed by atoms with Gasteiger partial charge in [0.05, 0.1) is 5.69 Å². The third kappa shape index (κ3) is 3.63. The third-order valence-corrected chi connectivity index (χ3v) is 4.54. The van der Waals surface area contributed by atoms with Gasteiger partial charge in [-0.15, -0.1) is 0 Å². The number of amides is 1. The van der Waals surface area contributed by atoms with Crippen LogP contribution in [0.2, 0.25) is 0 Å². The van der Waals surface area contributed by atoms with E-state index in [-0.39, 0.29) is 15.7 Å². The number of halogens is 3. The summed E-state index contributed by atoms with van der Waals surface area (Å²) in [5, 5.41) is 18.9. The van der Waals surface area contributed by atoms with Crippen LogP contribution in [0.25, 0.3) is 0 Å². The lowest BCUT2D eigenvalue weighted by Crippen LogP contribution is -2.59. The van der Waals surface area contributed by atoms with Crippen LogP contribution in [-0.2, 0) is 15.0 Å². The first-order valence-corrected chi connectivity index (χ1v) is 7.67. The summed E-state index contributed by atoms with van der Waals surface area (Å²) in [5.41, 5.74) is -4.43. The van der Waals surface area contributed by atoms with Gasteiger partial charge in [0.2, 0.25) is 5.60 Å². The van der Waals surface area contributed by atoms with Crippen LogP contribution in [-0.4, -0.2) is 47.4 Å². The summed E-state index contributed by atoms with van der Waals surface area (Å²) in [7, 11) is -5.03. The van der Waals surface area contributed by atoms with Crippen LogP contribution in [0.15, 0.2) is 30.3 Å². The van der Waals surface area contributed by atoms with Crippen molar-refractivity contribution in [1.82, 2.24) is 4.47 Å². The normalized spacial score (nSPS) is 15.3. The number of nitrogens with zero attached hydrogens (tertiary/aromatic N) is 2. The van der Waals surface area contributed by atoms with Crippen molar-refractivity contribution >= 4 is 21.8 Å². The molecule has 0 saturated carbocycles. The predicted octanol–water partition coefficient (Wildman–Crippen LogP) is 1.29. The Labute approximate surface area is 130 Å². The van der Waals surface area contributed by atoms with Crippen LogP contribution < -0.4 is 4.31 Å². The molecule has 0 saturated heterocycles. The van der Waals surface area contributed by atoms with E-state index in [0.29, 0.717) is 0 Å². The quantitative estimate of drug-likeness (QED) is 0.775. The monoisotopic (exact) mass is 356 g/mol. The second-order valence-corrected chi connectivity index (χ2v) is 6.30. The van der Waals surface area contributed by atoms with Crippen LogP contribution in [0.1, 0.15) is 13.8 Å². The molecule has 2 N–H and O–H groups in total. The number of alkyl halides is 3. The highest BCUT2D eigenvalue weighted by molar-refractivity contribution is 7.91. The summed E-state index contributed by atoms with van der Waals surface area (Å²) in [5.74, 6) is -2.16. The second kappa shape index (κ2) is 6.43. The number of hydroxylamine groups is 1. The smallest absolute Gasteiger partial charge is 0.373 e. The molecule has 130 valence electrons. The van der Waals surface area contributed by atoms with Gasteiger partial charge in [-0.3, -0.25) is 10.0 Å². The SMILES string of the molecule is CCN(O)S(=O)(=O)N(C(=O)C(C)(O)C(F)(F)F)c1ccccc1. The van der Waals surface area contributed by atoms with E-state index in [1.54, 1.807) is 0 Å². The summed E-state index contributed by atoms with van der Waals surface area (Å²) in [4.78, 5) is 12.1. The molecule has 0 aliphatic heterocycles. The van der Waals surface area contributed by atoms with Crippen molar-refractivity contribution in [1.29, 1.82) is 0 Å². The molecular weight excluding hydrogens is 341 g/mol. The fraction of sp³-hybridized carbons (Fsp3) is 0.417. The number of aliphatic hydroxyl groups is 1. The minimum atomic E-state index is -5.42. The van der Waals surface area contributed by atoms with Crippen LogP contribution in [0.5, 0.6) is 0 Å². The van der Waals surface area contributed by atoms with E-state index in [9.17, 15) is 36.7 Å². The molecule has 0 fully saturated rings. The fourth-order valence-electron chi connectivity index (χ4n) is 1.49. The van der Waals surface area contributed by atoms with Crippen molar-refractivity contribution in [2.75, 3.05) is 10.8 Å². The van der Waals surface area contributed by atoms with Gasteiger partial charge in [0.15, 0.2) is 0 Å². The molecule has 7 nitrogen and oxygen atoms in total. The molecule has 0 aromatic heterocycles. The van der Waals surface area contributed by atoms with Gasteiger partial charge in [-0.1, -0.05) is 22.7 Å². The van der Waals surface area contributed by atoms with Gasteiger partial charge >= 0.3 is 16.4 Å². The summed E-state index contributed by atoms with van der Waals surface area (Å²) >= 11 is 0. The highest BCUT2D eigenvalue weighted by atomic mass is 32.2. The molecule has 0 aliphatic carbocycles. The Hall–Kier alpha value is -1.69. The van der Waals surface area contributed by atoms with Crippen molar-refractivity contribution in [3.8, 4) is 0 Å². The maximum atomic E-state index is 12.9. The van der Waals surface area contributed by atoms with E-state index in [1.165, 1.54) is 25.1 Å². The number of carbonyl (C=O) groups is 1. The van der Waals surface area contributed by atoms with Crippen LogP contribution >= 0.6 is 0 Å². The molecule has 1 aromatic rings. The Morgan fingerprint density at radius 2 is 1.70 bits per heavy atom. The maximum absolute atomic E-state index is 12.9. The van der Waals surface area contributed by atoms with Gasteiger partial charge in [-0.2, -0.15) is 25.9 Å². The Balaban J connectivity index is 3.53. The number of rotatable bonds is 5.